The van der Waals surface area contributed by atoms with Crippen molar-refractivity contribution in [2.45, 2.75) is 6.54 Å². The summed E-state index contributed by atoms with van der Waals surface area (Å²) in [7, 11) is -3.38. The number of benzene rings is 1. The third-order valence-electron chi connectivity index (χ3n) is 2.97. The van der Waals surface area contributed by atoms with E-state index in [2.05, 4.69) is 10.0 Å². The van der Waals surface area contributed by atoms with Crippen molar-refractivity contribution >= 4 is 38.6 Å². The molecule has 2 N–H and O–H groups in total. The van der Waals surface area contributed by atoms with Gasteiger partial charge in [0.1, 0.15) is 6.54 Å². The molecule has 2 rings (SSSR count). The normalized spacial score (nSPS) is 15.0. The number of rotatable bonds is 6. The summed E-state index contributed by atoms with van der Waals surface area (Å²) in [5.41, 5.74) is 1.08. The first kappa shape index (κ1) is 16.6. The van der Waals surface area contributed by atoms with Crippen LogP contribution in [0.5, 0.6) is 0 Å². The topological polar surface area (TPSA) is 95.6 Å². The first-order valence-corrected chi connectivity index (χ1v) is 9.47. The van der Waals surface area contributed by atoms with Crippen LogP contribution >= 0.6 is 11.8 Å². The number of nitrogens with zero attached hydrogens (tertiary/aromatic N) is 1. The molecule has 1 fully saturated rings. The summed E-state index contributed by atoms with van der Waals surface area (Å²) in [5.74, 6) is 0.428. The van der Waals surface area contributed by atoms with Gasteiger partial charge in [0.25, 0.3) is 5.24 Å². The predicted molar refractivity (Wildman–Crippen MR) is 86.2 cm³/mol. The van der Waals surface area contributed by atoms with E-state index in [0.29, 0.717) is 23.5 Å². The molecule has 0 atom stereocenters. The van der Waals surface area contributed by atoms with Crippen molar-refractivity contribution in [3.8, 4) is 0 Å². The summed E-state index contributed by atoms with van der Waals surface area (Å²) in [5, 5.41) is 2.61. The Balaban J connectivity index is 1.93. The van der Waals surface area contributed by atoms with Crippen molar-refractivity contribution in [1.82, 2.24) is 10.2 Å². The molecule has 1 aliphatic rings. The molecule has 7 nitrogen and oxygen atoms in total. The van der Waals surface area contributed by atoms with E-state index in [1.165, 1.54) is 16.7 Å². The quantitative estimate of drug-likeness (QED) is 0.798. The van der Waals surface area contributed by atoms with Gasteiger partial charge in [0.2, 0.25) is 15.9 Å². The maximum absolute atomic E-state index is 11.9. The molecule has 1 saturated heterocycles. The Morgan fingerprint density at radius 2 is 2.09 bits per heavy atom. The van der Waals surface area contributed by atoms with Gasteiger partial charge in [0.15, 0.2) is 0 Å². The first-order chi connectivity index (χ1) is 10.3. The number of thioether (sulfide) groups is 1. The number of carbonyl (C=O) groups is 2. The number of hydrogen-bond donors (Lipinski definition) is 2. The van der Waals surface area contributed by atoms with Crippen LogP contribution in [0.2, 0.25) is 0 Å². The average molecular weight is 343 g/mol. The highest BCUT2D eigenvalue weighted by molar-refractivity contribution is 8.13. The number of amides is 2. The van der Waals surface area contributed by atoms with E-state index >= 15 is 0 Å². The summed E-state index contributed by atoms with van der Waals surface area (Å²) in [4.78, 5) is 24.8. The standard InChI is InChI=1S/C13H17N3O4S2/c1-22(19,20)15-11-5-3-2-4-10(11)8-14-12(17)9-16-6-7-21-13(16)18/h2-5,15H,6-9H2,1H3,(H,14,17). The molecular weight excluding hydrogens is 326 g/mol. The molecule has 0 aromatic heterocycles. The van der Waals surface area contributed by atoms with Crippen LogP contribution < -0.4 is 10.0 Å². The summed E-state index contributed by atoms with van der Waals surface area (Å²) >= 11 is 1.20. The van der Waals surface area contributed by atoms with Gasteiger partial charge in [-0.15, -0.1) is 0 Å². The molecule has 0 saturated carbocycles. The monoisotopic (exact) mass is 343 g/mol. The van der Waals surface area contributed by atoms with E-state index in [9.17, 15) is 18.0 Å². The van der Waals surface area contributed by atoms with Gasteiger partial charge < -0.3 is 10.2 Å². The lowest BCUT2D eigenvalue weighted by Gasteiger charge is -2.15. The largest absolute Gasteiger partial charge is 0.350 e. The third kappa shape index (κ3) is 4.92. The van der Waals surface area contributed by atoms with Crippen molar-refractivity contribution in [1.29, 1.82) is 0 Å². The molecule has 1 aliphatic heterocycles. The van der Waals surface area contributed by atoms with Crippen LogP contribution in [0.25, 0.3) is 0 Å². The summed E-state index contributed by atoms with van der Waals surface area (Å²) in [6, 6.07) is 6.82. The summed E-state index contributed by atoms with van der Waals surface area (Å²) in [6.45, 7) is 0.781. The van der Waals surface area contributed by atoms with Crippen LogP contribution in [-0.2, 0) is 21.4 Å². The molecular formula is C13H17N3O4S2. The molecule has 0 spiro atoms. The fourth-order valence-corrected chi connectivity index (χ4v) is 3.39. The molecule has 1 heterocycles. The number of carbonyl (C=O) groups excluding carboxylic acids is 2. The SMILES string of the molecule is CS(=O)(=O)Nc1ccccc1CNC(=O)CN1CCSC1=O. The van der Waals surface area contributed by atoms with Gasteiger partial charge in [0, 0.05) is 18.8 Å². The molecule has 0 radical (unpaired) electrons. The van der Waals surface area contributed by atoms with Crippen molar-refractivity contribution in [2.75, 3.05) is 29.8 Å². The zero-order valence-electron chi connectivity index (χ0n) is 12.0. The molecule has 0 bridgehead atoms. The van der Waals surface area contributed by atoms with Crippen LogP contribution in [0.3, 0.4) is 0 Å². The second kappa shape index (κ2) is 7.01. The highest BCUT2D eigenvalue weighted by Gasteiger charge is 2.23. The Labute approximate surface area is 133 Å². The molecule has 22 heavy (non-hydrogen) atoms. The van der Waals surface area contributed by atoms with Crippen molar-refractivity contribution < 1.29 is 18.0 Å². The fourth-order valence-electron chi connectivity index (χ4n) is 1.97. The third-order valence-corrected chi connectivity index (χ3v) is 4.45. The number of nitrogens with one attached hydrogen (secondary N) is 2. The van der Waals surface area contributed by atoms with Gasteiger partial charge in [-0.2, -0.15) is 0 Å². The van der Waals surface area contributed by atoms with E-state index in [4.69, 9.17) is 0 Å². The molecule has 1 aromatic carbocycles. The van der Waals surface area contributed by atoms with Crippen LogP contribution in [0.15, 0.2) is 24.3 Å². The van der Waals surface area contributed by atoms with Crippen LogP contribution in [0.4, 0.5) is 10.5 Å². The number of sulfonamides is 1. The molecule has 2 amide bonds. The van der Waals surface area contributed by atoms with Crippen LogP contribution in [-0.4, -0.2) is 49.6 Å². The van der Waals surface area contributed by atoms with Crippen molar-refractivity contribution in [2.24, 2.45) is 0 Å². The molecule has 120 valence electrons. The molecule has 0 aliphatic carbocycles. The Bertz CT molecular complexity index is 676. The van der Waals surface area contributed by atoms with E-state index in [0.717, 1.165) is 6.26 Å². The Kier molecular flexibility index (Phi) is 5.30. The Morgan fingerprint density at radius 1 is 1.36 bits per heavy atom. The van der Waals surface area contributed by atoms with E-state index in [-0.39, 0.29) is 24.2 Å². The zero-order chi connectivity index (χ0) is 16.2. The minimum atomic E-state index is -3.38. The lowest BCUT2D eigenvalue weighted by molar-refractivity contribution is -0.121. The molecule has 9 heteroatoms. The van der Waals surface area contributed by atoms with Crippen LogP contribution in [0, 0.1) is 0 Å². The van der Waals surface area contributed by atoms with Gasteiger partial charge in [-0.3, -0.25) is 14.3 Å². The molecule has 0 unspecified atom stereocenters. The fraction of sp³-hybridized carbons (Fsp3) is 0.385. The predicted octanol–water partition coefficient (Wildman–Crippen LogP) is 0.843. The summed E-state index contributed by atoms with van der Waals surface area (Å²) < 4.78 is 25.0. The highest BCUT2D eigenvalue weighted by Crippen LogP contribution is 2.17. The average Bonchev–Trinajstić information content (AvgIpc) is 2.81. The first-order valence-electron chi connectivity index (χ1n) is 6.59. The summed E-state index contributed by atoms with van der Waals surface area (Å²) in [6.07, 6.45) is 1.07. The van der Waals surface area contributed by atoms with E-state index < -0.39 is 10.0 Å². The Hall–Kier alpha value is -1.74. The number of anilines is 1. The van der Waals surface area contributed by atoms with Gasteiger partial charge >= 0.3 is 0 Å². The number of para-hydroxylation sites is 1. The highest BCUT2D eigenvalue weighted by atomic mass is 32.2. The van der Waals surface area contributed by atoms with E-state index in [1.54, 1.807) is 24.3 Å². The Morgan fingerprint density at radius 3 is 2.73 bits per heavy atom. The van der Waals surface area contributed by atoms with Crippen LogP contribution in [0.1, 0.15) is 5.56 Å². The van der Waals surface area contributed by atoms with Gasteiger partial charge in [-0.1, -0.05) is 30.0 Å². The van der Waals surface area contributed by atoms with Crippen molar-refractivity contribution in [3.63, 3.8) is 0 Å². The lowest BCUT2D eigenvalue weighted by atomic mass is 10.2. The number of hydrogen-bond acceptors (Lipinski definition) is 5. The second-order valence-electron chi connectivity index (χ2n) is 4.84. The van der Waals surface area contributed by atoms with Gasteiger partial charge in [0.05, 0.1) is 11.9 Å². The zero-order valence-corrected chi connectivity index (χ0v) is 13.7. The van der Waals surface area contributed by atoms with Gasteiger partial charge in [-0.25, -0.2) is 8.42 Å². The second-order valence-corrected chi connectivity index (χ2v) is 7.64. The lowest BCUT2D eigenvalue weighted by Crippen LogP contribution is -2.37. The van der Waals surface area contributed by atoms with Gasteiger partial charge in [-0.05, 0) is 11.6 Å². The maximum Gasteiger partial charge on any atom is 0.282 e. The van der Waals surface area contributed by atoms with Crippen molar-refractivity contribution in [3.05, 3.63) is 29.8 Å². The molecule has 1 aromatic rings. The smallest absolute Gasteiger partial charge is 0.282 e. The van der Waals surface area contributed by atoms with E-state index in [1.807, 2.05) is 0 Å². The maximum atomic E-state index is 11.9. The minimum Gasteiger partial charge on any atom is -0.350 e. The minimum absolute atomic E-state index is 0.0213.